The van der Waals surface area contributed by atoms with E-state index < -0.39 is 0 Å². The van der Waals surface area contributed by atoms with Crippen LogP contribution in [0.15, 0.2) is 29.2 Å². The molecule has 1 N–H and O–H groups in total. The molecular formula is C18H26N2O3S. The first-order valence-electron chi connectivity index (χ1n) is 8.49. The molecule has 1 fully saturated rings. The molecule has 0 spiro atoms. The fourth-order valence-electron chi connectivity index (χ4n) is 2.66. The lowest BCUT2D eigenvalue weighted by Crippen LogP contribution is -2.43. The Balaban J connectivity index is 1.63. The van der Waals surface area contributed by atoms with Gasteiger partial charge in [-0.1, -0.05) is 17.7 Å². The molecule has 24 heavy (non-hydrogen) atoms. The molecule has 6 heteroatoms. The first kappa shape index (κ1) is 18.6. The van der Waals surface area contributed by atoms with Crippen molar-refractivity contribution in [3.8, 4) is 0 Å². The van der Waals surface area contributed by atoms with Crippen LogP contribution in [0, 0.1) is 12.8 Å². The summed E-state index contributed by atoms with van der Waals surface area (Å²) in [5.74, 6) is 0.958. The fourth-order valence-corrected chi connectivity index (χ4v) is 3.43. The Labute approximate surface area is 148 Å². The van der Waals surface area contributed by atoms with Crippen LogP contribution in [0.1, 0.15) is 25.3 Å². The smallest absolute Gasteiger partial charge is 0.409 e. The highest BCUT2D eigenvalue weighted by Gasteiger charge is 2.27. The van der Waals surface area contributed by atoms with Crippen molar-refractivity contribution in [1.82, 2.24) is 10.2 Å². The molecule has 0 atom stereocenters. The van der Waals surface area contributed by atoms with Gasteiger partial charge in [-0.15, -0.1) is 11.8 Å². The SMILES string of the molecule is CCOC(=O)N1CCC(C(=O)NCCSc2ccc(C)cc2)CC1. The second kappa shape index (κ2) is 9.57. The van der Waals surface area contributed by atoms with Crippen molar-refractivity contribution in [1.29, 1.82) is 0 Å². The van der Waals surface area contributed by atoms with Gasteiger partial charge in [0, 0.05) is 36.2 Å². The molecule has 1 aliphatic heterocycles. The summed E-state index contributed by atoms with van der Waals surface area (Å²) in [5.41, 5.74) is 1.25. The summed E-state index contributed by atoms with van der Waals surface area (Å²) in [6.07, 6.45) is 1.14. The highest BCUT2D eigenvalue weighted by Crippen LogP contribution is 2.19. The summed E-state index contributed by atoms with van der Waals surface area (Å²) in [6.45, 7) is 6.10. The summed E-state index contributed by atoms with van der Waals surface area (Å²) in [4.78, 5) is 26.7. The molecule has 0 aromatic heterocycles. The molecule has 1 heterocycles. The fraction of sp³-hybridized carbons (Fsp3) is 0.556. The number of benzene rings is 1. The number of nitrogens with zero attached hydrogens (tertiary/aromatic N) is 1. The van der Waals surface area contributed by atoms with E-state index in [0.29, 0.717) is 39.1 Å². The van der Waals surface area contributed by atoms with Crippen LogP contribution in [0.25, 0.3) is 0 Å². The van der Waals surface area contributed by atoms with E-state index in [0.717, 1.165) is 5.75 Å². The van der Waals surface area contributed by atoms with Gasteiger partial charge in [-0.3, -0.25) is 4.79 Å². The van der Waals surface area contributed by atoms with Gasteiger partial charge in [0.25, 0.3) is 0 Å². The number of thioether (sulfide) groups is 1. The van der Waals surface area contributed by atoms with Gasteiger partial charge in [0.15, 0.2) is 0 Å². The van der Waals surface area contributed by atoms with Gasteiger partial charge in [-0.05, 0) is 38.8 Å². The van der Waals surface area contributed by atoms with Crippen molar-refractivity contribution < 1.29 is 14.3 Å². The molecule has 0 aliphatic carbocycles. The zero-order chi connectivity index (χ0) is 17.4. The van der Waals surface area contributed by atoms with Crippen molar-refractivity contribution in [2.45, 2.75) is 31.6 Å². The van der Waals surface area contributed by atoms with Crippen LogP contribution < -0.4 is 5.32 Å². The third kappa shape index (κ3) is 5.74. The van der Waals surface area contributed by atoms with E-state index in [1.807, 2.05) is 0 Å². The second-order valence-corrected chi connectivity index (χ2v) is 7.08. The Morgan fingerprint density at radius 1 is 1.25 bits per heavy atom. The average Bonchev–Trinajstić information content (AvgIpc) is 2.60. The third-order valence-corrected chi connectivity index (χ3v) is 5.10. The largest absolute Gasteiger partial charge is 0.450 e. The number of carbonyl (C=O) groups excluding carboxylic acids is 2. The van der Waals surface area contributed by atoms with E-state index in [9.17, 15) is 9.59 Å². The number of carbonyl (C=O) groups is 2. The van der Waals surface area contributed by atoms with Gasteiger partial charge in [-0.25, -0.2) is 4.79 Å². The average molecular weight is 350 g/mol. The van der Waals surface area contributed by atoms with Gasteiger partial charge in [0.2, 0.25) is 5.91 Å². The molecular weight excluding hydrogens is 324 g/mol. The van der Waals surface area contributed by atoms with Gasteiger partial charge < -0.3 is 15.0 Å². The monoisotopic (exact) mass is 350 g/mol. The maximum atomic E-state index is 12.2. The predicted molar refractivity (Wildman–Crippen MR) is 96.2 cm³/mol. The lowest BCUT2D eigenvalue weighted by Gasteiger charge is -2.30. The normalized spacial score (nSPS) is 15.2. The van der Waals surface area contributed by atoms with Crippen LogP contribution in [0.2, 0.25) is 0 Å². The van der Waals surface area contributed by atoms with Crippen LogP contribution in [0.4, 0.5) is 4.79 Å². The summed E-state index contributed by atoms with van der Waals surface area (Å²) >= 11 is 1.74. The van der Waals surface area contributed by atoms with E-state index in [1.165, 1.54) is 10.5 Å². The van der Waals surface area contributed by atoms with E-state index in [2.05, 4.69) is 36.5 Å². The zero-order valence-corrected chi connectivity index (χ0v) is 15.2. The van der Waals surface area contributed by atoms with Crippen LogP contribution in [0.3, 0.4) is 0 Å². The molecule has 132 valence electrons. The molecule has 0 radical (unpaired) electrons. The maximum Gasteiger partial charge on any atom is 0.409 e. The van der Waals surface area contributed by atoms with Gasteiger partial charge in [-0.2, -0.15) is 0 Å². The molecule has 1 aliphatic rings. The van der Waals surface area contributed by atoms with Crippen molar-refractivity contribution in [3.05, 3.63) is 29.8 Å². The summed E-state index contributed by atoms with van der Waals surface area (Å²) < 4.78 is 4.99. The number of ether oxygens (including phenoxy) is 1. The van der Waals surface area contributed by atoms with Crippen molar-refractivity contribution in [2.75, 3.05) is 32.0 Å². The van der Waals surface area contributed by atoms with Crippen LogP contribution in [-0.2, 0) is 9.53 Å². The van der Waals surface area contributed by atoms with E-state index in [4.69, 9.17) is 4.74 Å². The molecule has 0 unspecified atom stereocenters. The third-order valence-electron chi connectivity index (χ3n) is 4.08. The van der Waals surface area contributed by atoms with Crippen LogP contribution in [-0.4, -0.2) is 48.9 Å². The Morgan fingerprint density at radius 2 is 1.92 bits per heavy atom. The van der Waals surface area contributed by atoms with Crippen molar-refractivity contribution in [3.63, 3.8) is 0 Å². The number of hydrogen-bond donors (Lipinski definition) is 1. The Kier molecular flexibility index (Phi) is 7.43. The predicted octanol–water partition coefficient (Wildman–Crippen LogP) is 3.07. The molecule has 0 bridgehead atoms. The van der Waals surface area contributed by atoms with Crippen molar-refractivity contribution in [2.24, 2.45) is 5.92 Å². The molecule has 1 aromatic carbocycles. The Bertz CT molecular complexity index is 540. The van der Waals surface area contributed by atoms with Gasteiger partial charge in [0.1, 0.15) is 0 Å². The minimum atomic E-state index is -0.272. The summed E-state index contributed by atoms with van der Waals surface area (Å²) in [7, 11) is 0. The number of nitrogens with one attached hydrogen (secondary N) is 1. The summed E-state index contributed by atoms with van der Waals surface area (Å²) in [6, 6.07) is 8.40. The van der Waals surface area contributed by atoms with Crippen LogP contribution >= 0.6 is 11.8 Å². The second-order valence-electron chi connectivity index (χ2n) is 5.91. The number of piperidine rings is 1. The van der Waals surface area contributed by atoms with Gasteiger partial charge in [0.05, 0.1) is 6.61 Å². The van der Waals surface area contributed by atoms with Crippen molar-refractivity contribution >= 4 is 23.8 Å². The lowest BCUT2D eigenvalue weighted by atomic mass is 9.96. The van der Waals surface area contributed by atoms with Gasteiger partial charge >= 0.3 is 6.09 Å². The Hall–Kier alpha value is -1.69. The number of aryl methyl sites for hydroxylation is 1. The highest BCUT2D eigenvalue weighted by molar-refractivity contribution is 7.99. The molecule has 5 nitrogen and oxygen atoms in total. The molecule has 1 aromatic rings. The Morgan fingerprint density at radius 3 is 2.54 bits per heavy atom. The zero-order valence-electron chi connectivity index (χ0n) is 14.4. The molecule has 0 saturated carbocycles. The van der Waals surface area contributed by atoms with E-state index in [1.54, 1.807) is 23.6 Å². The molecule has 2 amide bonds. The first-order valence-corrected chi connectivity index (χ1v) is 9.47. The number of amides is 2. The number of rotatable bonds is 6. The minimum absolute atomic E-state index is 0.0000476. The molecule has 2 rings (SSSR count). The van der Waals surface area contributed by atoms with E-state index >= 15 is 0 Å². The first-order chi connectivity index (χ1) is 11.6. The lowest BCUT2D eigenvalue weighted by molar-refractivity contribution is -0.126. The standard InChI is InChI=1S/C18H26N2O3S/c1-3-23-18(22)20-11-8-15(9-12-20)17(21)19-10-13-24-16-6-4-14(2)5-7-16/h4-7,15H,3,8-13H2,1-2H3,(H,19,21). The van der Waals surface area contributed by atoms with E-state index in [-0.39, 0.29) is 17.9 Å². The minimum Gasteiger partial charge on any atom is -0.450 e. The van der Waals surface area contributed by atoms with Crippen LogP contribution in [0.5, 0.6) is 0 Å². The highest BCUT2D eigenvalue weighted by atomic mass is 32.2. The summed E-state index contributed by atoms with van der Waals surface area (Å²) in [5, 5.41) is 3.01. The number of hydrogen-bond acceptors (Lipinski definition) is 4. The number of likely N-dealkylation sites (tertiary alicyclic amines) is 1. The molecule has 1 saturated heterocycles. The topological polar surface area (TPSA) is 58.6 Å². The maximum absolute atomic E-state index is 12.2. The quantitative estimate of drug-likeness (QED) is 0.633.